The van der Waals surface area contributed by atoms with Crippen LogP contribution in [-0.2, 0) is 0 Å². The Morgan fingerprint density at radius 3 is 1.03 bits per heavy atom. The van der Waals surface area contributed by atoms with Crippen molar-refractivity contribution >= 4 is 88.0 Å². The van der Waals surface area contributed by atoms with Gasteiger partial charge in [-0.1, -0.05) is 200 Å². The maximum absolute atomic E-state index is 2.45. The highest BCUT2D eigenvalue weighted by atomic mass is 15.1. The molecule has 0 atom stereocenters. The molecular formula is C68H46N2. The molecule has 0 radical (unpaired) electrons. The van der Waals surface area contributed by atoms with Gasteiger partial charge in [0.1, 0.15) is 0 Å². The lowest BCUT2D eigenvalue weighted by Crippen LogP contribution is -2.10. The molecule has 2 heteroatoms. The summed E-state index contributed by atoms with van der Waals surface area (Å²) in [5, 5.41) is 12.1. The maximum Gasteiger partial charge on any atom is 0.0468 e. The van der Waals surface area contributed by atoms with E-state index in [0.29, 0.717) is 0 Å². The molecule has 0 fully saturated rings. The van der Waals surface area contributed by atoms with Gasteiger partial charge in [-0.15, -0.1) is 0 Å². The second-order valence-electron chi connectivity index (χ2n) is 18.1. The first-order valence-corrected chi connectivity index (χ1v) is 24.1. The summed E-state index contributed by atoms with van der Waals surface area (Å²) in [5.74, 6) is 0. The summed E-state index contributed by atoms with van der Waals surface area (Å²) >= 11 is 0. The number of hydrogen-bond acceptors (Lipinski definition) is 2. The molecule has 0 aliphatic heterocycles. The second kappa shape index (κ2) is 17.4. The molecule has 0 saturated heterocycles. The van der Waals surface area contributed by atoms with E-state index in [2.05, 4.69) is 289 Å². The van der Waals surface area contributed by atoms with Gasteiger partial charge < -0.3 is 9.80 Å². The molecule has 0 heterocycles. The van der Waals surface area contributed by atoms with Crippen LogP contribution >= 0.6 is 0 Å². The molecule has 0 saturated carbocycles. The lowest BCUT2D eigenvalue weighted by molar-refractivity contribution is 1.29. The summed E-state index contributed by atoms with van der Waals surface area (Å²) in [6.45, 7) is 0. The zero-order chi connectivity index (χ0) is 46.4. The van der Waals surface area contributed by atoms with E-state index in [4.69, 9.17) is 0 Å². The third kappa shape index (κ3) is 7.22. The molecule has 0 bridgehead atoms. The van der Waals surface area contributed by atoms with Crippen LogP contribution < -0.4 is 9.80 Å². The highest BCUT2D eigenvalue weighted by molar-refractivity contribution is 6.33. The zero-order valence-electron chi connectivity index (χ0n) is 38.5. The van der Waals surface area contributed by atoms with E-state index in [1.165, 1.54) is 87.2 Å². The Labute approximate surface area is 408 Å². The fourth-order valence-electron chi connectivity index (χ4n) is 10.7. The van der Waals surface area contributed by atoms with Gasteiger partial charge in [-0.2, -0.15) is 0 Å². The topological polar surface area (TPSA) is 6.48 Å². The highest BCUT2D eigenvalue weighted by Crippen LogP contribution is 2.51. The number of hydrogen-bond donors (Lipinski definition) is 0. The minimum Gasteiger partial charge on any atom is -0.310 e. The van der Waals surface area contributed by atoms with Crippen molar-refractivity contribution in [1.82, 2.24) is 0 Å². The lowest BCUT2D eigenvalue weighted by atomic mass is 9.81. The summed E-state index contributed by atoms with van der Waals surface area (Å²) in [5.41, 5.74) is 13.7. The van der Waals surface area contributed by atoms with Crippen LogP contribution in [0.4, 0.5) is 34.1 Å². The molecule has 13 aromatic rings. The van der Waals surface area contributed by atoms with Gasteiger partial charge in [0.05, 0.1) is 0 Å². The van der Waals surface area contributed by atoms with Crippen LogP contribution in [0.15, 0.2) is 279 Å². The minimum atomic E-state index is 1.08. The van der Waals surface area contributed by atoms with Crippen LogP contribution in [0.25, 0.3) is 87.2 Å². The summed E-state index contributed by atoms with van der Waals surface area (Å²) in [4.78, 5) is 4.81. The van der Waals surface area contributed by atoms with E-state index in [0.717, 1.165) is 34.1 Å². The number of benzene rings is 13. The molecule has 328 valence electrons. The molecule has 0 aliphatic carbocycles. The van der Waals surface area contributed by atoms with Gasteiger partial charge in [0.15, 0.2) is 0 Å². The van der Waals surface area contributed by atoms with Crippen molar-refractivity contribution in [2.24, 2.45) is 0 Å². The Balaban J connectivity index is 1.18. The van der Waals surface area contributed by atoms with E-state index >= 15 is 0 Å². The molecular weight excluding hydrogens is 845 g/mol. The summed E-state index contributed by atoms with van der Waals surface area (Å²) in [7, 11) is 0. The molecule has 2 nitrogen and oxygen atoms in total. The average molecular weight is 891 g/mol. The van der Waals surface area contributed by atoms with Crippen molar-refractivity contribution in [3.63, 3.8) is 0 Å². The van der Waals surface area contributed by atoms with Crippen molar-refractivity contribution in [2.45, 2.75) is 0 Å². The zero-order valence-corrected chi connectivity index (χ0v) is 38.5. The van der Waals surface area contributed by atoms with Crippen molar-refractivity contribution in [2.75, 3.05) is 9.80 Å². The van der Waals surface area contributed by atoms with Gasteiger partial charge in [-0.3, -0.25) is 0 Å². The molecule has 0 spiro atoms. The first-order chi connectivity index (χ1) is 34.7. The number of rotatable bonds is 9. The molecule has 70 heavy (non-hydrogen) atoms. The Morgan fingerprint density at radius 1 is 0.200 bits per heavy atom. The van der Waals surface area contributed by atoms with Crippen LogP contribution in [0.5, 0.6) is 0 Å². The first-order valence-electron chi connectivity index (χ1n) is 24.1. The second-order valence-corrected chi connectivity index (χ2v) is 18.1. The number of para-hydroxylation sites is 2. The monoisotopic (exact) mass is 890 g/mol. The highest BCUT2D eigenvalue weighted by Gasteiger charge is 2.24. The van der Waals surface area contributed by atoms with Gasteiger partial charge in [0, 0.05) is 34.1 Å². The lowest BCUT2D eigenvalue weighted by Gasteiger charge is -2.28. The molecule has 13 aromatic carbocycles. The van der Waals surface area contributed by atoms with Gasteiger partial charge in [0.2, 0.25) is 0 Å². The first kappa shape index (κ1) is 41.0. The fourth-order valence-corrected chi connectivity index (χ4v) is 10.7. The predicted molar refractivity (Wildman–Crippen MR) is 300 cm³/mol. The van der Waals surface area contributed by atoms with E-state index in [1.54, 1.807) is 0 Å². The van der Waals surface area contributed by atoms with Crippen LogP contribution in [0.3, 0.4) is 0 Å². The molecule has 0 amide bonds. The number of anilines is 6. The Bertz CT molecular complexity index is 4040. The van der Waals surface area contributed by atoms with Gasteiger partial charge in [-0.05, 0) is 166 Å². The minimum absolute atomic E-state index is 1.08. The third-order valence-electron chi connectivity index (χ3n) is 13.9. The predicted octanol–water partition coefficient (Wildman–Crippen LogP) is 19.4. The van der Waals surface area contributed by atoms with E-state index < -0.39 is 0 Å². The fraction of sp³-hybridized carbons (Fsp3) is 0. The summed E-state index contributed by atoms with van der Waals surface area (Å²) in [6, 6.07) is 102. The summed E-state index contributed by atoms with van der Waals surface area (Å²) in [6.07, 6.45) is 0. The van der Waals surface area contributed by atoms with Gasteiger partial charge in [0.25, 0.3) is 0 Å². The molecule has 0 aliphatic rings. The van der Waals surface area contributed by atoms with Gasteiger partial charge >= 0.3 is 0 Å². The average Bonchev–Trinajstić information content (AvgIpc) is 3.44. The normalized spacial score (nSPS) is 11.4. The van der Waals surface area contributed by atoms with E-state index in [-0.39, 0.29) is 0 Å². The quantitative estimate of drug-likeness (QED) is 0.133. The van der Waals surface area contributed by atoms with Crippen molar-refractivity contribution in [1.29, 1.82) is 0 Å². The van der Waals surface area contributed by atoms with Crippen molar-refractivity contribution in [3.8, 4) is 33.4 Å². The Kier molecular flexibility index (Phi) is 10.2. The molecule has 0 aromatic heterocycles. The third-order valence-corrected chi connectivity index (χ3v) is 13.9. The number of fused-ring (bicyclic) bond motifs is 8. The summed E-state index contributed by atoms with van der Waals surface area (Å²) < 4.78 is 0. The number of nitrogens with zero attached hydrogens (tertiary/aromatic N) is 2. The molecule has 13 rings (SSSR count). The van der Waals surface area contributed by atoms with Crippen LogP contribution in [-0.4, -0.2) is 0 Å². The standard InChI is InChI=1S/C68H46N2/c1-6-22-49(23-7-1)62-46-63(50-24-8-2-9-25-50)67-60-40-38-58(69(54-30-12-4-13-31-54)56-36-34-47-20-16-18-28-52(47)42-56)44-64(60)65-45-59(39-41-61(65)68(67)66(62)51-26-10-3-11-27-51)70(55-32-14-5-15-33-55)57-37-35-48-21-17-19-29-53(48)43-57/h1-46H. The van der Waals surface area contributed by atoms with Gasteiger partial charge in [-0.25, -0.2) is 0 Å². The van der Waals surface area contributed by atoms with E-state index in [9.17, 15) is 0 Å². The smallest absolute Gasteiger partial charge is 0.0468 e. The van der Waals surface area contributed by atoms with E-state index in [1.807, 2.05) is 0 Å². The maximum atomic E-state index is 2.45. The Morgan fingerprint density at radius 2 is 0.557 bits per heavy atom. The van der Waals surface area contributed by atoms with Crippen LogP contribution in [0, 0.1) is 0 Å². The SMILES string of the molecule is c1ccc(-c2cc(-c3ccccc3)c3c4ccc(N(c5ccccc5)c5ccc6ccccc6c5)cc4c4cc(N(c5ccccc5)c5ccc6ccccc6c5)ccc4c3c2-c2ccccc2)cc1. The Hall–Kier alpha value is -9.24. The van der Waals surface area contributed by atoms with Crippen molar-refractivity contribution in [3.05, 3.63) is 279 Å². The van der Waals surface area contributed by atoms with Crippen LogP contribution in [0.2, 0.25) is 0 Å². The van der Waals surface area contributed by atoms with Crippen LogP contribution in [0.1, 0.15) is 0 Å². The molecule has 0 N–H and O–H groups in total. The largest absolute Gasteiger partial charge is 0.310 e. The van der Waals surface area contributed by atoms with Crippen molar-refractivity contribution < 1.29 is 0 Å². The molecule has 0 unspecified atom stereocenters.